The minimum Gasteiger partial charge on any atom is -0.508 e. The van der Waals surface area contributed by atoms with Crippen molar-refractivity contribution in [1.29, 1.82) is 0 Å². The molecule has 0 unspecified atom stereocenters. The van der Waals surface area contributed by atoms with Crippen molar-refractivity contribution in [3.05, 3.63) is 135 Å². The van der Waals surface area contributed by atoms with E-state index in [1.807, 2.05) is 31.5 Å². The maximum absolute atomic E-state index is 12.6. The number of phenolic OH excluding ortho intramolecular Hbond substituents is 1. The monoisotopic (exact) mass is 918 g/mol. The highest BCUT2D eigenvalue weighted by atomic mass is 32.2. The van der Waals surface area contributed by atoms with Crippen molar-refractivity contribution < 1.29 is 41.0 Å². The average Bonchev–Trinajstić information content (AvgIpc) is 3.97. The van der Waals surface area contributed by atoms with E-state index in [9.17, 15) is 31.5 Å². The lowest BCUT2D eigenvalue weighted by molar-refractivity contribution is 0.0590. The van der Waals surface area contributed by atoms with Crippen LogP contribution in [0.25, 0.3) is 21.1 Å². The van der Waals surface area contributed by atoms with E-state index in [4.69, 9.17) is 9.47 Å². The van der Waals surface area contributed by atoms with Crippen LogP contribution >= 0.6 is 22.7 Å². The van der Waals surface area contributed by atoms with Crippen LogP contribution in [0.3, 0.4) is 0 Å². The predicted octanol–water partition coefficient (Wildman–Crippen LogP) is 8.15. The molecular weight excluding hydrogens is 869 g/mol. The molecule has 6 aromatic rings. The van der Waals surface area contributed by atoms with Gasteiger partial charge in [-0.3, -0.25) is 0 Å². The fourth-order valence-corrected chi connectivity index (χ4v) is 10.1. The van der Waals surface area contributed by atoms with Crippen molar-refractivity contribution >= 4 is 54.7 Å². The van der Waals surface area contributed by atoms with Gasteiger partial charge in [0.1, 0.15) is 15.8 Å². The molecule has 0 radical (unpaired) electrons. The summed E-state index contributed by atoms with van der Waals surface area (Å²) in [6.07, 6.45) is 3.70. The molecule has 6 rings (SSSR count). The Hall–Kier alpha value is -5.30. The standard InChI is InChI=1S/C23H26N2O4S2.C22H24N2O5S2/c1-4-17-11-12-20(14-21(17)23(26)29-3)31(27,28)24-13-5-6-19-15-30-22(25-19)18-9-7-16(2)8-10-18;1-3-15-8-11-19(13-20(15)22(26)29-2)31(27,28)23-12-4-5-17-14-30-21(24-17)16-6-9-18(25)10-7-16/h7-12,14-15,24H,4-6,13H2,1-3H3;6-11,13-14,23,25H,3-5,12H2,1-2H3. The summed E-state index contributed by atoms with van der Waals surface area (Å²) in [5.41, 5.74) is 7.06. The fraction of sp³-hybridized carbons (Fsp3) is 0.289. The summed E-state index contributed by atoms with van der Waals surface area (Å²) in [5, 5.41) is 15.2. The van der Waals surface area contributed by atoms with Crippen LogP contribution in [-0.4, -0.2) is 71.2 Å². The van der Waals surface area contributed by atoms with Gasteiger partial charge in [-0.2, -0.15) is 0 Å². The second kappa shape index (κ2) is 22.2. The Morgan fingerprint density at radius 2 is 1.03 bits per heavy atom. The van der Waals surface area contributed by atoms with Gasteiger partial charge >= 0.3 is 11.9 Å². The van der Waals surface area contributed by atoms with Gasteiger partial charge in [0.05, 0.1) is 46.5 Å². The molecule has 0 bridgehead atoms. The molecule has 0 saturated carbocycles. The summed E-state index contributed by atoms with van der Waals surface area (Å²) in [7, 11) is -4.91. The minimum atomic E-state index is -3.75. The summed E-state index contributed by atoms with van der Waals surface area (Å²) in [6, 6.07) is 24.1. The number of carbonyl (C=O) groups excluding carboxylic acids is 2. The Balaban J connectivity index is 0.000000234. The highest BCUT2D eigenvalue weighted by Gasteiger charge is 2.21. The number of rotatable bonds is 18. The number of sulfonamides is 2. The zero-order valence-corrected chi connectivity index (χ0v) is 38.4. The van der Waals surface area contributed by atoms with E-state index in [1.165, 1.54) is 55.4 Å². The maximum Gasteiger partial charge on any atom is 0.338 e. The average molecular weight is 919 g/mol. The number of carbonyl (C=O) groups is 2. The van der Waals surface area contributed by atoms with Crippen molar-refractivity contribution in [2.75, 3.05) is 27.3 Å². The number of ether oxygens (including phenoxy) is 2. The Kier molecular flexibility index (Phi) is 17.1. The van der Waals surface area contributed by atoms with Gasteiger partial charge in [0.2, 0.25) is 20.0 Å². The summed E-state index contributed by atoms with van der Waals surface area (Å²) in [5.74, 6) is -0.889. The number of aryl methyl sites for hydroxylation is 5. The van der Waals surface area contributed by atoms with Crippen LogP contribution in [0, 0.1) is 6.92 Å². The van der Waals surface area contributed by atoms with Crippen LogP contribution in [-0.2, 0) is 55.2 Å². The SMILES string of the molecule is CCc1ccc(S(=O)(=O)NCCCc2csc(-c3ccc(C)cc3)n2)cc1C(=O)OC.CCc1ccc(S(=O)(=O)NCCCc2csc(-c3ccc(O)cc3)n2)cc1C(=O)OC. The quantitative estimate of drug-likeness (QED) is 0.0557. The molecule has 0 atom stereocenters. The van der Waals surface area contributed by atoms with Crippen LogP contribution in [0.1, 0.15) is 75.5 Å². The molecule has 62 heavy (non-hydrogen) atoms. The molecule has 13 nitrogen and oxygen atoms in total. The van der Waals surface area contributed by atoms with E-state index in [0.29, 0.717) is 38.5 Å². The molecule has 4 aromatic carbocycles. The van der Waals surface area contributed by atoms with Crippen molar-refractivity contribution in [2.24, 2.45) is 0 Å². The zero-order chi connectivity index (χ0) is 44.9. The lowest BCUT2D eigenvalue weighted by Gasteiger charge is -2.10. The van der Waals surface area contributed by atoms with Gasteiger partial charge in [-0.15, -0.1) is 22.7 Å². The molecule has 2 heterocycles. The maximum atomic E-state index is 12.6. The fourth-order valence-electron chi connectivity index (χ4n) is 6.19. The van der Waals surface area contributed by atoms with Gasteiger partial charge in [-0.1, -0.05) is 55.8 Å². The van der Waals surface area contributed by atoms with Gasteiger partial charge in [-0.25, -0.2) is 45.8 Å². The number of phenols is 1. The normalized spacial score (nSPS) is 11.4. The number of hydrogen-bond acceptors (Lipinski definition) is 13. The third-order valence-corrected chi connectivity index (χ3v) is 14.5. The Bertz CT molecular complexity index is 2490. The van der Waals surface area contributed by atoms with Gasteiger partial charge in [0.25, 0.3) is 0 Å². The molecule has 0 aliphatic carbocycles. The van der Waals surface area contributed by atoms with Crippen LogP contribution < -0.4 is 9.44 Å². The Labute approximate surface area is 371 Å². The number of thiazole rings is 2. The highest BCUT2D eigenvalue weighted by molar-refractivity contribution is 7.89. The molecule has 3 N–H and O–H groups in total. The first-order chi connectivity index (χ1) is 29.7. The van der Waals surface area contributed by atoms with Gasteiger partial charge < -0.3 is 14.6 Å². The predicted molar refractivity (Wildman–Crippen MR) is 243 cm³/mol. The molecule has 2 aromatic heterocycles. The number of nitrogens with one attached hydrogen (secondary N) is 2. The number of benzene rings is 4. The number of hydrogen-bond donors (Lipinski definition) is 3. The van der Waals surface area contributed by atoms with Gasteiger partial charge in [0.15, 0.2) is 0 Å². The van der Waals surface area contributed by atoms with Gasteiger partial charge in [0, 0.05) is 35.0 Å². The largest absolute Gasteiger partial charge is 0.508 e. The molecule has 17 heteroatoms. The van der Waals surface area contributed by atoms with E-state index in [0.717, 1.165) is 43.7 Å². The topological polar surface area (TPSA) is 191 Å². The number of esters is 2. The smallest absolute Gasteiger partial charge is 0.338 e. The molecule has 0 aliphatic rings. The summed E-state index contributed by atoms with van der Waals surface area (Å²) >= 11 is 3.09. The molecule has 0 aliphatic heterocycles. The summed E-state index contributed by atoms with van der Waals surface area (Å²) in [4.78, 5) is 33.2. The van der Waals surface area contributed by atoms with Gasteiger partial charge in [-0.05, 0) is 105 Å². The Morgan fingerprint density at radius 3 is 1.42 bits per heavy atom. The lowest BCUT2D eigenvalue weighted by Crippen LogP contribution is -2.25. The second-order valence-electron chi connectivity index (χ2n) is 14.0. The third-order valence-electron chi connectivity index (χ3n) is 9.68. The molecule has 0 amide bonds. The molecule has 0 spiro atoms. The summed E-state index contributed by atoms with van der Waals surface area (Å²) < 4.78 is 65.3. The second-order valence-corrected chi connectivity index (χ2v) is 19.3. The number of nitrogens with zero attached hydrogens (tertiary/aromatic N) is 2. The van der Waals surface area contributed by atoms with Crippen molar-refractivity contribution in [2.45, 2.75) is 69.1 Å². The molecule has 328 valence electrons. The van der Waals surface area contributed by atoms with E-state index in [1.54, 1.807) is 47.7 Å². The molecular formula is C45H50N4O9S4. The van der Waals surface area contributed by atoms with Crippen LogP contribution in [0.5, 0.6) is 5.75 Å². The third kappa shape index (κ3) is 12.9. The van der Waals surface area contributed by atoms with Crippen molar-refractivity contribution in [1.82, 2.24) is 19.4 Å². The number of aromatic nitrogens is 2. The van der Waals surface area contributed by atoms with E-state index >= 15 is 0 Å². The van der Waals surface area contributed by atoms with E-state index in [2.05, 4.69) is 43.7 Å². The number of aromatic hydroxyl groups is 1. The first-order valence-electron chi connectivity index (χ1n) is 19.8. The Morgan fingerprint density at radius 1 is 0.629 bits per heavy atom. The number of methoxy groups -OCH3 is 2. The van der Waals surface area contributed by atoms with E-state index < -0.39 is 32.0 Å². The lowest BCUT2D eigenvalue weighted by atomic mass is 10.1. The first-order valence-corrected chi connectivity index (χ1v) is 24.6. The molecule has 0 fully saturated rings. The first kappa shape index (κ1) is 47.7. The van der Waals surface area contributed by atoms with E-state index in [-0.39, 0.29) is 39.8 Å². The molecule has 0 saturated heterocycles. The van der Waals surface area contributed by atoms with Crippen molar-refractivity contribution in [3.8, 4) is 26.9 Å². The van der Waals surface area contributed by atoms with Crippen LogP contribution in [0.4, 0.5) is 0 Å². The van der Waals surface area contributed by atoms with Crippen molar-refractivity contribution in [3.63, 3.8) is 0 Å². The highest BCUT2D eigenvalue weighted by Crippen LogP contribution is 2.27. The van der Waals surface area contributed by atoms with Crippen LogP contribution in [0.15, 0.2) is 105 Å². The summed E-state index contributed by atoms with van der Waals surface area (Å²) in [6.45, 7) is 6.36. The van der Waals surface area contributed by atoms with Crippen LogP contribution in [0.2, 0.25) is 0 Å². The minimum absolute atomic E-state index is 0.0355. The zero-order valence-electron chi connectivity index (χ0n) is 35.1.